The molecule has 156 valence electrons. The number of para-hydroxylation sites is 1. The van der Waals surface area contributed by atoms with Crippen LogP contribution < -0.4 is 4.74 Å². The summed E-state index contributed by atoms with van der Waals surface area (Å²) in [5.41, 5.74) is -4.27. The average molecular weight is 423 g/mol. The maximum Gasteiger partial charge on any atom is 0.406 e. The summed E-state index contributed by atoms with van der Waals surface area (Å²) in [5, 5.41) is 1.38. The van der Waals surface area contributed by atoms with Crippen molar-refractivity contribution < 1.29 is 27.1 Å². The highest BCUT2D eigenvalue weighted by Crippen LogP contribution is 2.68. The van der Waals surface area contributed by atoms with E-state index in [9.17, 15) is 4.57 Å². The molecule has 0 fully saturated rings. The molecule has 0 aliphatic heterocycles. The predicted octanol–water partition coefficient (Wildman–Crippen LogP) is 6.49. The van der Waals surface area contributed by atoms with Crippen LogP contribution in [0.3, 0.4) is 0 Å². The summed E-state index contributed by atoms with van der Waals surface area (Å²) >= 11 is 0. The zero-order valence-corrected chi connectivity index (χ0v) is 17.9. The Hall–Kier alpha value is -2.08. The van der Waals surface area contributed by atoms with Crippen LogP contribution in [0.2, 0.25) is 0 Å². The topological polar surface area (TPSA) is 57.7 Å². The molecule has 0 spiro atoms. The van der Waals surface area contributed by atoms with E-state index in [2.05, 4.69) is 4.98 Å². The lowest BCUT2D eigenvalue weighted by Crippen LogP contribution is -2.23. The predicted molar refractivity (Wildman–Crippen MR) is 110 cm³/mol. The van der Waals surface area contributed by atoms with Gasteiger partial charge in [0.1, 0.15) is 11.4 Å². The quantitative estimate of drug-likeness (QED) is 0.321. The van der Waals surface area contributed by atoms with Crippen molar-refractivity contribution in [1.82, 2.24) is 4.98 Å². The fourth-order valence-electron chi connectivity index (χ4n) is 3.13. The molecule has 2 aromatic carbocycles. The van der Waals surface area contributed by atoms with Gasteiger partial charge >= 0.3 is 13.3 Å². The molecule has 0 aliphatic rings. The summed E-state index contributed by atoms with van der Waals surface area (Å²) in [6.07, 6.45) is -1.46. The summed E-state index contributed by atoms with van der Waals surface area (Å²) in [5.74, 6) is 0.385. The fourth-order valence-corrected chi connectivity index (χ4v) is 4.99. The molecule has 1 heterocycles. The number of aromatic nitrogens is 1. The fraction of sp³-hybridized carbons (Fsp3) is 0.381. The Labute approximate surface area is 168 Å². The highest BCUT2D eigenvalue weighted by atomic mass is 31.2. The van der Waals surface area contributed by atoms with Crippen molar-refractivity contribution in [2.75, 3.05) is 7.11 Å². The SMILES string of the molecule is COc1ccc2c(c1)c(C(F)(F)P(=O)(OC(C)C)OC(C)C)nc1ccccc12. The highest BCUT2D eigenvalue weighted by Gasteiger charge is 2.58. The Morgan fingerprint density at radius 2 is 1.55 bits per heavy atom. The van der Waals surface area contributed by atoms with Gasteiger partial charge in [0.15, 0.2) is 0 Å². The molecule has 0 unspecified atom stereocenters. The monoisotopic (exact) mass is 423 g/mol. The zero-order valence-electron chi connectivity index (χ0n) is 17.0. The van der Waals surface area contributed by atoms with Gasteiger partial charge in [-0.25, -0.2) is 4.98 Å². The lowest BCUT2D eigenvalue weighted by Gasteiger charge is -2.29. The largest absolute Gasteiger partial charge is 0.497 e. The van der Waals surface area contributed by atoms with Crippen LogP contribution in [-0.4, -0.2) is 24.3 Å². The Balaban J connectivity index is 2.36. The minimum Gasteiger partial charge on any atom is -0.497 e. The maximum absolute atomic E-state index is 15.8. The van der Waals surface area contributed by atoms with Crippen molar-refractivity contribution in [3.8, 4) is 5.75 Å². The van der Waals surface area contributed by atoms with Gasteiger partial charge in [0, 0.05) is 10.8 Å². The van der Waals surface area contributed by atoms with Gasteiger partial charge in [-0.05, 0) is 57.3 Å². The molecular weight excluding hydrogens is 399 g/mol. The van der Waals surface area contributed by atoms with Crippen LogP contribution in [-0.2, 0) is 19.3 Å². The second-order valence-corrected chi connectivity index (χ2v) is 9.21. The molecule has 0 N–H and O–H groups in total. The second-order valence-electron chi connectivity index (χ2n) is 7.24. The number of hydrogen-bond acceptors (Lipinski definition) is 5. The lowest BCUT2D eigenvalue weighted by atomic mass is 10.0. The number of fused-ring (bicyclic) bond motifs is 3. The van der Waals surface area contributed by atoms with E-state index < -0.39 is 31.2 Å². The Morgan fingerprint density at radius 3 is 2.14 bits per heavy atom. The molecule has 3 aromatic rings. The number of nitrogens with zero attached hydrogens (tertiary/aromatic N) is 1. The van der Waals surface area contributed by atoms with Crippen LogP contribution in [0.25, 0.3) is 21.7 Å². The molecular formula is C21H24F2NO4P. The van der Waals surface area contributed by atoms with Gasteiger partial charge in [-0.1, -0.05) is 18.2 Å². The van der Waals surface area contributed by atoms with E-state index in [4.69, 9.17) is 13.8 Å². The van der Waals surface area contributed by atoms with E-state index in [-0.39, 0.29) is 5.39 Å². The molecule has 1 aromatic heterocycles. The van der Waals surface area contributed by atoms with E-state index in [0.717, 1.165) is 0 Å². The highest BCUT2D eigenvalue weighted by molar-refractivity contribution is 7.54. The molecule has 0 saturated carbocycles. The molecule has 0 amide bonds. The van der Waals surface area contributed by atoms with Gasteiger partial charge in [0.25, 0.3) is 0 Å². The smallest absolute Gasteiger partial charge is 0.406 e. The first kappa shape index (κ1) is 21.6. The number of hydrogen-bond donors (Lipinski definition) is 0. The molecule has 0 aliphatic carbocycles. The van der Waals surface area contributed by atoms with E-state index in [0.29, 0.717) is 22.0 Å². The standard InChI is InChI=1S/C21H24F2NO4P/c1-13(2)27-29(25,28-14(3)4)21(22,23)20-18-12-15(26-5)10-11-16(18)17-8-6-7-9-19(17)24-20/h6-14H,1-5H3. The van der Waals surface area contributed by atoms with E-state index in [1.165, 1.54) is 40.9 Å². The molecule has 0 radical (unpaired) electrons. The van der Waals surface area contributed by atoms with Gasteiger partial charge in [-0.15, -0.1) is 0 Å². The Kier molecular flexibility index (Phi) is 5.95. The Morgan fingerprint density at radius 1 is 0.931 bits per heavy atom. The first-order valence-corrected chi connectivity index (χ1v) is 10.8. The lowest BCUT2D eigenvalue weighted by molar-refractivity contribution is 0.0154. The van der Waals surface area contributed by atoms with Crippen LogP contribution in [0.1, 0.15) is 33.4 Å². The zero-order chi connectivity index (χ0) is 21.4. The first-order chi connectivity index (χ1) is 13.6. The van der Waals surface area contributed by atoms with Crippen LogP contribution in [0.5, 0.6) is 5.75 Å². The third-order valence-corrected chi connectivity index (χ3v) is 6.53. The van der Waals surface area contributed by atoms with Crippen molar-refractivity contribution >= 4 is 29.3 Å². The van der Waals surface area contributed by atoms with E-state index in [1.54, 1.807) is 36.4 Å². The third kappa shape index (κ3) is 4.00. The first-order valence-electron chi connectivity index (χ1n) is 9.31. The minimum atomic E-state index is -4.90. The number of halogens is 2. The van der Waals surface area contributed by atoms with Crippen LogP contribution >= 0.6 is 7.60 Å². The molecule has 29 heavy (non-hydrogen) atoms. The van der Waals surface area contributed by atoms with Crippen molar-refractivity contribution in [3.05, 3.63) is 48.2 Å². The Bertz CT molecular complexity index is 1070. The van der Waals surface area contributed by atoms with Crippen LogP contribution in [0, 0.1) is 0 Å². The van der Waals surface area contributed by atoms with Crippen molar-refractivity contribution in [2.45, 2.75) is 45.6 Å². The number of rotatable bonds is 7. The molecule has 3 rings (SSSR count). The number of methoxy groups -OCH3 is 1. The van der Waals surface area contributed by atoms with Crippen molar-refractivity contribution in [2.24, 2.45) is 0 Å². The van der Waals surface area contributed by atoms with Gasteiger partial charge in [-0.2, -0.15) is 8.78 Å². The molecule has 8 heteroatoms. The summed E-state index contributed by atoms with van der Waals surface area (Å²) in [4.78, 5) is 4.19. The van der Waals surface area contributed by atoms with Crippen molar-refractivity contribution in [1.29, 1.82) is 0 Å². The second kappa shape index (κ2) is 7.98. The maximum atomic E-state index is 15.8. The van der Waals surface area contributed by atoms with Crippen LogP contribution in [0.15, 0.2) is 42.5 Å². The summed E-state index contributed by atoms with van der Waals surface area (Å²) in [7, 11) is -3.45. The average Bonchev–Trinajstić information content (AvgIpc) is 2.65. The number of benzene rings is 2. The van der Waals surface area contributed by atoms with Crippen LogP contribution in [0.4, 0.5) is 8.78 Å². The van der Waals surface area contributed by atoms with Gasteiger partial charge < -0.3 is 13.8 Å². The minimum absolute atomic E-state index is 0.132. The molecule has 0 saturated heterocycles. The van der Waals surface area contributed by atoms with Gasteiger partial charge in [0.2, 0.25) is 0 Å². The number of alkyl halides is 2. The van der Waals surface area contributed by atoms with Gasteiger partial charge in [0.05, 0.1) is 24.8 Å². The summed E-state index contributed by atoms with van der Waals surface area (Å²) < 4.78 is 60.5. The number of pyridine rings is 1. The molecule has 5 nitrogen and oxygen atoms in total. The van der Waals surface area contributed by atoms with Gasteiger partial charge in [-0.3, -0.25) is 4.57 Å². The normalized spacial score (nSPS) is 13.0. The van der Waals surface area contributed by atoms with E-state index in [1.807, 2.05) is 0 Å². The molecule has 0 bridgehead atoms. The summed E-state index contributed by atoms with van der Waals surface area (Å²) in [6, 6.07) is 11.8. The van der Waals surface area contributed by atoms with E-state index >= 15 is 8.78 Å². The third-order valence-electron chi connectivity index (χ3n) is 4.24. The summed E-state index contributed by atoms with van der Waals surface area (Å²) in [6.45, 7) is 6.12. The van der Waals surface area contributed by atoms with Crippen molar-refractivity contribution in [3.63, 3.8) is 0 Å². The number of ether oxygens (including phenoxy) is 1. The molecule has 0 atom stereocenters.